The van der Waals surface area contributed by atoms with E-state index in [-0.39, 0.29) is 6.04 Å². The van der Waals surface area contributed by atoms with E-state index in [0.29, 0.717) is 23.7 Å². The van der Waals surface area contributed by atoms with Crippen LogP contribution in [0, 0.1) is 0 Å². The Morgan fingerprint density at radius 3 is 2.24 bits per heavy atom. The van der Waals surface area contributed by atoms with Crippen LogP contribution in [0.5, 0.6) is 17.2 Å². The Balaban J connectivity index is 2.36. The number of hydrogen-bond acceptors (Lipinski definition) is 6. The molecule has 1 aliphatic rings. The summed E-state index contributed by atoms with van der Waals surface area (Å²) >= 11 is 0. The first kappa shape index (κ1) is 15.3. The van der Waals surface area contributed by atoms with Gasteiger partial charge in [-0.1, -0.05) is 0 Å². The number of methoxy groups -OCH3 is 3. The van der Waals surface area contributed by atoms with Gasteiger partial charge in [0.2, 0.25) is 5.75 Å². The van der Waals surface area contributed by atoms with Gasteiger partial charge in [0.05, 0.1) is 32.9 Å². The van der Waals surface area contributed by atoms with Gasteiger partial charge in [0.15, 0.2) is 11.5 Å². The smallest absolute Gasteiger partial charge is 0.203 e. The Kier molecular flexibility index (Phi) is 4.50. The van der Waals surface area contributed by atoms with Crippen LogP contribution in [0.15, 0.2) is 29.4 Å². The predicted molar refractivity (Wildman–Crippen MR) is 82.3 cm³/mol. The topological polar surface area (TPSA) is 92.1 Å². The van der Waals surface area contributed by atoms with Crippen molar-refractivity contribution in [1.29, 1.82) is 0 Å². The van der Waals surface area contributed by atoms with Gasteiger partial charge in [0.1, 0.15) is 0 Å². The first-order chi connectivity index (χ1) is 10.0. The van der Waals surface area contributed by atoms with E-state index in [2.05, 4.69) is 4.99 Å². The molecule has 6 heteroatoms. The molecule has 0 saturated carbocycles. The zero-order chi connectivity index (χ0) is 15.5. The third kappa shape index (κ3) is 3.01. The average Bonchev–Trinajstić information content (AvgIpc) is 2.49. The van der Waals surface area contributed by atoms with E-state index in [1.807, 2.05) is 18.2 Å². The van der Waals surface area contributed by atoms with Gasteiger partial charge < -0.3 is 25.7 Å². The van der Waals surface area contributed by atoms with Crippen molar-refractivity contribution < 1.29 is 14.2 Å². The zero-order valence-electron chi connectivity index (χ0n) is 12.5. The molecule has 0 amide bonds. The van der Waals surface area contributed by atoms with E-state index in [4.69, 9.17) is 25.7 Å². The van der Waals surface area contributed by atoms with E-state index in [0.717, 1.165) is 5.56 Å². The lowest BCUT2D eigenvalue weighted by molar-refractivity contribution is 0.323. The van der Waals surface area contributed by atoms with Gasteiger partial charge in [0.25, 0.3) is 0 Å². The standard InChI is InChI=1S/C15H21N3O3/c1-19-11-6-10(7-12(20-2)14(11)21-3)8-15(17)4-5-18-9-13(15)16/h4-7,9,13H,8,16-17H2,1-3H3. The Morgan fingerprint density at radius 2 is 1.76 bits per heavy atom. The summed E-state index contributed by atoms with van der Waals surface area (Å²) in [5.41, 5.74) is 12.7. The maximum absolute atomic E-state index is 6.37. The van der Waals surface area contributed by atoms with Gasteiger partial charge >= 0.3 is 0 Å². The second-order valence-electron chi connectivity index (χ2n) is 4.96. The minimum Gasteiger partial charge on any atom is -0.493 e. The van der Waals surface area contributed by atoms with Crippen LogP contribution in [0.2, 0.25) is 0 Å². The SMILES string of the molecule is COc1cc(CC2(N)C=CN=CC2N)cc(OC)c1OC. The first-order valence-electron chi connectivity index (χ1n) is 6.58. The minimum absolute atomic E-state index is 0.346. The van der Waals surface area contributed by atoms with Crippen LogP contribution in [0.4, 0.5) is 0 Å². The summed E-state index contributed by atoms with van der Waals surface area (Å²) in [5, 5.41) is 0. The predicted octanol–water partition coefficient (Wildman–Crippen LogP) is 0.878. The zero-order valence-corrected chi connectivity index (χ0v) is 12.5. The molecule has 114 valence electrons. The second-order valence-corrected chi connectivity index (χ2v) is 4.96. The highest BCUT2D eigenvalue weighted by Crippen LogP contribution is 2.39. The monoisotopic (exact) mass is 291 g/mol. The van der Waals surface area contributed by atoms with Crippen molar-refractivity contribution in [3.63, 3.8) is 0 Å². The summed E-state index contributed by atoms with van der Waals surface area (Å²) in [6, 6.07) is 3.41. The van der Waals surface area contributed by atoms with Gasteiger partial charge in [-0.25, -0.2) is 0 Å². The molecule has 1 aliphatic heterocycles. The van der Waals surface area contributed by atoms with E-state index >= 15 is 0 Å². The number of aliphatic imine (C=N–C) groups is 1. The summed E-state index contributed by atoms with van der Waals surface area (Å²) in [4.78, 5) is 4.01. The van der Waals surface area contributed by atoms with E-state index in [1.54, 1.807) is 33.7 Å². The lowest BCUT2D eigenvalue weighted by Gasteiger charge is -2.32. The third-order valence-corrected chi connectivity index (χ3v) is 3.57. The lowest BCUT2D eigenvalue weighted by Crippen LogP contribution is -2.57. The molecule has 0 spiro atoms. The Bertz CT molecular complexity index is 546. The molecule has 6 nitrogen and oxygen atoms in total. The van der Waals surface area contributed by atoms with Crippen LogP contribution in [0.25, 0.3) is 0 Å². The molecule has 1 aromatic carbocycles. The van der Waals surface area contributed by atoms with Gasteiger partial charge in [-0.2, -0.15) is 0 Å². The van der Waals surface area contributed by atoms with Crippen molar-refractivity contribution in [1.82, 2.24) is 0 Å². The number of ether oxygens (including phenoxy) is 3. The van der Waals surface area contributed by atoms with Gasteiger partial charge in [-0.3, -0.25) is 4.99 Å². The first-order valence-corrected chi connectivity index (χ1v) is 6.58. The van der Waals surface area contributed by atoms with Crippen LogP contribution >= 0.6 is 0 Å². The Morgan fingerprint density at radius 1 is 1.14 bits per heavy atom. The molecule has 1 aromatic rings. The molecule has 0 radical (unpaired) electrons. The van der Waals surface area contributed by atoms with Crippen LogP contribution in [-0.4, -0.2) is 39.1 Å². The Labute approximate surface area is 124 Å². The third-order valence-electron chi connectivity index (χ3n) is 3.57. The van der Waals surface area contributed by atoms with Crippen molar-refractivity contribution in [2.75, 3.05) is 21.3 Å². The number of nitrogens with zero attached hydrogens (tertiary/aromatic N) is 1. The fourth-order valence-corrected chi connectivity index (χ4v) is 2.34. The normalized spacial score (nSPS) is 24.0. The fraction of sp³-hybridized carbons (Fsp3) is 0.400. The van der Waals surface area contributed by atoms with Crippen LogP contribution in [-0.2, 0) is 6.42 Å². The highest BCUT2D eigenvalue weighted by Gasteiger charge is 2.31. The van der Waals surface area contributed by atoms with Crippen LogP contribution in [0.1, 0.15) is 5.56 Å². The average molecular weight is 291 g/mol. The molecule has 2 atom stereocenters. The quantitative estimate of drug-likeness (QED) is 0.840. The summed E-state index contributed by atoms with van der Waals surface area (Å²) in [6.45, 7) is 0. The largest absolute Gasteiger partial charge is 0.493 e. The Hall–Kier alpha value is -2.05. The number of nitrogens with two attached hydrogens (primary N) is 2. The highest BCUT2D eigenvalue weighted by molar-refractivity contribution is 5.70. The number of benzene rings is 1. The molecule has 0 saturated heterocycles. The molecule has 0 aromatic heterocycles. The summed E-state index contributed by atoms with van der Waals surface area (Å²) in [6.07, 6.45) is 5.67. The van der Waals surface area contributed by atoms with Crippen molar-refractivity contribution in [2.24, 2.45) is 16.5 Å². The molecular formula is C15H21N3O3. The van der Waals surface area contributed by atoms with Crippen molar-refractivity contribution in [2.45, 2.75) is 18.0 Å². The minimum atomic E-state index is -0.688. The van der Waals surface area contributed by atoms with Crippen LogP contribution < -0.4 is 25.7 Å². The van der Waals surface area contributed by atoms with Crippen molar-refractivity contribution in [3.05, 3.63) is 30.0 Å². The number of rotatable bonds is 5. The van der Waals surface area contributed by atoms with Gasteiger partial charge in [0, 0.05) is 12.4 Å². The molecule has 0 bridgehead atoms. The summed E-state index contributed by atoms with van der Waals surface area (Å²) in [5.74, 6) is 1.75. The maximum Gasteiger partial charge on any atom is 0.203 e. The summed E-state index contributed by atoms with van der Waals surface area (Å²) in [7, 11) is 4.73. The highest BCUT2D eigenvalue weighted by atomic mass is 16.5. The molecule has 2 rings (SSSR count). The lowest BCUT2D eigenvalue weighted by atomic mass is 9.84. The molecule has 0 fully saturated rings. The molecular weight excluding hydrogens is 270 g/mol. The molecule has 21 heavy (non-hydrogen) atoms. The van der Waals surface area contributed by atoms with Crippen molar-refractivity contribution in [3.8, 4) is 17.2 Å². The fourth-order valence-electron chi connectivity index (χ4n) is 2.34. The molecule has 0 aliphatic carbocycles. The molecule has 2 unspecified atom stereocenters. The second kappa shape index (κ2) is 6.15. The summed E-state index contributed by atoms with van der Waals surface area (Å²) < 4.78 is 16.0. The maximum atomic E-state index is 6.37. The van der Waals surface area contributed by atoms with Crippen LogP contribution in [0.3, 0.4) is 0 Å². The number of hydrogen-bond donors (Lipinski definition) is 2. The molecule has 4 N–H and O–H groups in total. The van der Waals surface area contributed by atoms with Gasteiger partial charge in [-0.15, -0.1) is 0 Å². The molecule has 1 heterocycles. The van der Waals surface area contributed by atoms with Gasteiger partial charge in [-0.05, 0) is 30.2 Å². The van der Waals surface area contributed by atoms with E-state index < -0.39 is 5.54 Å². The van der Waals surface area contributed by atoms with E-state index in [1.165, 1.54) is 0 Å². The van der Waals surface area contributed by atoms with E-state index in [9.17, 15) is 0 Å². The van der Waals surface area contributed by atoms with Crippen molar-refractivity contribution >= 4 is 6.21 Å².